The molecule has 0 aliphatic rings. The van der Waals surface area contributed by atoms with Crippen LogP contribution in [0.3, 0.4) is 0 Å². The Hall–Kier alpha value is -1.91. The molecule has 4 nitrogen and oxygen atoms in total. The Morgan fingerprint density at radius 3 is 2.30 bits per heavy atom. The van der Waals surface area contributed by atoms with Crippen LogP contribution in [-0.4, -0.2) is 18.5 Å². The second-order valence-corrected chi connectivity index (χ2v) is 6.08. The molecule has 0 saturated heterocycles. The number of aryl methyl sites for hydroxylation is 1. The lowest BCUT2D eigenvalue weighted by atomic mass is 10.1. The summed E-state index contributed by atoms with van der Waals surface area (Å²) in [5, 5.41) is 0. The quantitative estimate of drug-likeness (QED) is 0.413. The number of unbranched alkanes of at least 4 members (excludes halogenated alkanes) is 1. The first kappa shape index (κ1) is 19.1. The summed E-state index contributed by atoms with van der Waals surface area (Å²) in [6, 6.07) is 4.78. The summed E-state index contributed by atoms with van der Waals surface area (Å²) in [6.45, 7) is 7.29. The van der Waals surface area contributed by atoms with E-state index in [-0.39, 0.29) is 23.6 Å². The van der Waals surface area contributed by atoms with Gasteiger partial charge in [0, 0.05) is 0 Å². The topological polar surface area (TPSA) is 52.6 Å². The second-order valence-electron chi connectivity index (χ2n) is 6.08. The van der Waals surface area contributed by atoms with E-state index >= 15 is 0 Å². The Morgan fingerprint density at radius 2 is 1.70 bits per heavy atom. The van der Waals surface area contributed by atoms with Gasteiger partial charge >= 0.3 is 11.9 Å². The highest BCUT2D eigenvalue weighted by molar-refractivity contribution is 5.74. The highest BCUT2D eigenvalue weighted by Gasteiger charge is 2.15. The van der Waals surface area contributed by atoms with Crippen LogP contribution in [-0.2, 0) is 20.7 Å². The summed E-state index contributed by atoms with van der Waals surface area (Å²) in [5.41, 5.74) is 0.495. The maximum absolute atomic E-state index is 14.3. The molecule has 1 aromatic rings. The Balaban J connectivity index is 2.49. The van der Waals surface area contributed by atoms with E-state index < -0.39 is 11.8 Å². The van der Waals surface area contributed by atoms with Crippen molar-refractivity contribution in [3.63, 3.8) is 0 Å². The van der Waals surface area contributed by atoms with E-state index in [4.69, 9.17) is 9.47 Å². The minimum atomic E-state index is -0.499. The molecule has 0 aromatic heterocycles. The van der Waals surface area contributed by atoms with E-state index in [1.165, 1.54) is 6.07 Å². The average Bonchev–Trinajstić information content (AvgIpc) is 2.49. The van der Waals surface area contributed by atoms with E-state index in [1.54, 1.807) is 39.8 Å². The number of hydrogen-bond donors (Lipinski definition) is 0. The van der Waals surface area contributed by atoms with Gasteiger partial charge in [0.1, 0.15) is 0 Å². The summed E-state index contributed by atoms with van der Waals surface area (Å²) < 4.78 is 24.4. The van der Waals surface area contributed by atoms with Crippen molar-refractivity contribution in [1.82, 2.24) is 0 Å². The maximum Gasteiger partial charge on any atom is 0.313 e. The Morgan fingerprint density at radius 1 is 1.04 bits per heavy atom. The number of benzene rings is 1. The summed E-state index contributed by atoms with van der Waals surface area (Å²) in [7, 11) is 0. The molecular weight excluding hydrogens is 299 g/mol. The summed E-state index contributed by atoms with van der Waals surface area (Å²) in [6.07, 6.45) is 1.84. The van der Waals surface area contributed by atoms with Crippen molar-refractivity contribution in [1.29, 1.82) is 0 Å². The van der Waals surface area contributed by atoms with Crippen LogP contribution in [0.5, 0.6) is 5.75 Å². The van der Waals surface area contributed by atoms with Crippen molar-refractivity contribution in [2.75, 3.05) is 6.61 Å². The van der Waals surface area contributed by atoms with E-state index in [0.717, 1.165) is 0 Å². The first-order valence-electron chi connectivity index (χ1n) is 7.98. The second kappa shape index (κ2) is 9.28. The van der Waals surface area contributed by atoms with Gasteiger partial charge in [0.15, 0.2) is 11.6 Å². The minimum absolute atomic E-state index is 0.0348. The predicted octanol–water partition coefficient (Wildman–Crippen LogP) is 3.91. The molecule has 0 amide bonds. The van der Waals surface area contributed by atoms with Crippen molar-refractivity contribution in [2.45, 2.75) is 47.0 Å². The van der Waals surface area contributed by atoms with Gasteiger partial charge in [0.05, 0.1) is 18.4 Å². The molecule has 0 unspecified atom stereocenters. The third-order valence-corrected chi connectivity index (χ3v) is 3.28. The molecule has 0 bridgehead atoms. The van der Waals surface area contributed by atoms with Crippen LogP contribution in [0.1, 0.15) is 46.1 Å². The lowest BCUT2D eigenvalue weighted by molar-refractivity contribution is -0.147. The van der Waals surface area contributed by atoms with Crippen molar-refractivity contribution in [3.05, 3.63) is 29.6 Å². The maximum atomic E-state index is 14.3. The zero-order valence-corrected chi connectivity index (χ0v) is 14.2. The Labute approximate surface area is 137 Å². The van der Waals surface area contributed by atoms with Gasteiger partial charge in [-0.1, -0.05) is 39.8 Å². The van der Waals surface area contributed by atoms with Crippen LogP contribution in [0.2, 0.25) is 0 Å². The molecule has 0 spiro atoms. The van der Waals surface area contributed by atoms with Crippen LogP contribution in [0, 0.1) is 17.7 Å². The molecule has 128 valence electrons. The highest BCUT2D eigenvalue weighted by atomic mass is 19.1. The summed E-state index contributed by atoms with van der Waals surface area (Å²) >= 11 is 0. The van der Waals surface area contributed by atoms with Gasteiger partial charge in [-0.25, -0.2) is 4.39 Å². The molecule has 1 aromatic carbocycles. The molecule has 0 aliphatic carbocycles. The first-order chi connectivity index (χ1) is 10.8. The largest absolute Gasteiger partial charge is 0.465 e. The van der Waals surface area contributed by atoms with E-state index in [9.17, 15) is 14.0 Å². The van der Waals surface area contributed by atoms with Crippen molar-refractivity contribution in [3.8, 4) is 5.75 Å². The third kappa shape index (κ3) is 6.38. The number of ether oxygens (including phenoxy) is 2. The molecule has 1 rings (SSSR count). The average molecular weight is 324 g/mol. The Kier molecular flexibility index (Phi) is 7.72. The predicted molar refractivity (Wildman–Crippen MR) is 85.6 cm³/mol. The normalized spacial score (nSPS) is 10.9. The number of esters is 2. The highest BCUT2D eigenvalue weighted by Crippen LogP contribution is 2.22. The number of rotatable bonds is 8. The number of carbonyl (C=O) groups is 2. The van der Waals surface area contributed by atoms with E-state index in [1.807, 2.05) is 0 Å². The fourth-order valence-electron chi connectivity index (χ4n) is 1.81. The van der Waals surface area contributed by atoms with Crippen molar-refractivity contribution >= 4 is 11.9 Å². The zero-order valence-electron chi connectivity index (χ0n) is 14.2. The van der Waals surface area contributed by atoms with Crippen LogP contribution in [0.25, 0.3) is 0 Å². The van der Waals surface area contributed by atoms with E-state index in [0.29, 0.717) is 31.4 Å². The van der Waals surface area contributed by atoms with Crippen molar-refractivity contribution < 1.29 is 23.5 Å². The van der Waals surface area contributed by atoms with Gasteiger partial charge in [-0.15, -0.1) is 0 Å². The lowest BCUT2D eigenvalue weighted by Crippen LogP contribution is -2.16. The molecule has 0 fully saturated rings. The van der Waals surface area contributed by atoms with Gasteiger partial charge < -0.3 is 9.47 Å². The van der Waals surface area contributed by atoms with Crippen LogP contribution in [0.4, 0.5) is 4.39 Å². The third-order valence-electron chi connectivity index (χ3n) is 3.28. The summed E-state index contributed by atoms with van der Waals surface area (Å²) in [4.78, 5) is 22.9. The van der Waals surface area contributed by atoms with Crippen LogP contribution < -0.4 is 4.74 Å². The smallest absolute Gasteiger partial charge is 0.313 e. The number of halogens is 1. The monoisotopic (exact) mass is 324 g/mol. The van der Waals surface area contributed by atoms with Crippen LogP contribution >= 0.6 is 0 Å². The van der Waals surface area contributed by atoms with Gasteiger partial charge in [-0.3, -0.25) is 9.59 Å². The van der Waals surface area contributed by atoms with Gasteiger partial charge in [0.2, 0.25) is 0 Å². The molecule has 0 saturated carbocycles. The summed E-state index contributed by atoms with van der Waals surface area (Å²) in [5.74, 6) is -1.66. The van der Waals surface area contributed by atoms with Crippen LogP contribution in [0.15, 0.2) is 18.2 Å². The van der Waals surface area contributed by atoms with Crippen molar-refractivity contribution in [2.24, 2.45) is 11.8 Å². The molecule has 0 atom stereocenters. The minimum Gasteiger partial charge on any atom is -0.465 e. The fourth-order valence-corrected chi connectivity index (χ4v) is 1.81. The van der Waals surface area contributed by atoms with Gasteiger partial charge in [0.25, 0.3) is 0 Å². The molecule has 5 heteroatoms. The SMILES string of the molecule is CC(C)C(=O)OCCCCc1cccc(OC(=O)C(C)C)c1F. The number of hydrogen-bond acceptors (Lipinski definition) is 4. The number of carbonyl (C=O) groups excluding carboxylic acids is 2. The molecule has 0 radical (unpaired) electrons. The van der Waals surface area contributed by atoms with E-state index in [2.05, 4.69) is 0 Å². The first-order valence-corrected chi connectivity index (χ1v) is 7.98. The van der Waals surface area contributed by atoms with Gasteiger partial charge in [-0.05, 0) is 30.9 Å². The molecule has 0 aliphatic heterocycles. The van der Waals surface area contributed by atoms with Gasteiger partial charge in [-0.2, -0.15) is 0 Å². The molecular formula is C18H25FO4. The molecule has 23 heavy (non-hydrogen) atoms. The zero-order chi connectivity index (χ0) is 17.4. The fraction of sp³-hybridized carbons (Fsp3) is 0.556. The Bertz CT molecular complexity index is 538. The molecule has 0 heterocycles. The standard InChI is InChI=1S/C18H25FO4/c1-12(2)17(20)22-11-6-5-8-14-9-7-10-15(16(14)19)23-18(21)13(3)4/h7,9-10,12-13H,5-6,8,11H2,1-4H3. The lowest BCUT2D eigenvalue weighted by Gasteiger charge is -2.10. The molecule has 0 N–H and O–H groups in total.